The first-order chi connectivity index (χ1) is 6.74. The van der Waals surface area contributed by atoms with Crippen LogP contribution in [0.3, 0.4) is 0 Å². The van der Waals surface area contributed by atoms with E-state index in [-0.39, 0.29) is 17.8 Å². The fourth-order valence-corrected chi connectivity index (χ4v) is 2.50. The molecule has 1 fully saturated rings. The predicted octanol–water partition coefficient (Wildman–Crippen LogP) is 2.13. The lowest BCUT2D eigenvalue weighted by atomic mass is 9.86. The number of carbonyl (C=O) groups excluding carboxylic acids is 1. The monoisotopic (exact) mass is 195 g/mol. The lowest BCUT2D eigenvalue weighted by Crippen LogP contribution is -2.25. The zero-order valence-electron chi connectivity index (χ0n) is 8.82. The molecule has 3 atom stereocenters. The van der Waals surface area contributed by atoms with Crippen LogP contribution in [0.2, 0.25) is 0 Å². The average Bonchev–Trinajstić information content (AvgIpc) is 2.60. The van der Waals surface area contributed by atoms with Gasteiger partial charge in [0.1, 0.15) is 0 Å². The van der Waals surface area contributed by atoms with E-state index >= 15 is 0 Å². The summed E-state index contributed by atoms with van der Waals surface area (Å²) in [5.41, 5.74) is 0. The fourth-order valence-electron chi connectivity index (χ4n) is 2.50. The van der Waals surface area contributed by atoms with E-state index in [0.29, 0.717) is 12.3 Å². The molecule has 3 nitrogen and oxygen atoms in total. The third-order valence-electron chi connectivity index (χ3n) is 3.28. The first-order valence-electron chi connectivity index (χ1n) is 5.19. The summed E-state index contributed by atoms with van der Waals surface area (Å²) in [4.78, 5) is 11.5. The standard InChI is InChI=1S/C11H17NO2/c1-3-8-4-5-9(6-7-12)10(8)11(13)14-2/h8-10H,3-6H2,1-2H3. The third kappa shape index (κ3) is 2.06. The molecule has 1 rings (SSSR count). The van der Waals surface area contributed by atoms with Gasteiger partial charge >= 0.3 is 5.97 Å². The van der Waals surface area contributed by atoms with Crippen molar-refractivity contribution in [2.24, 2.45) is 17.8 Å². The molecule has 0 N–H and O–H groups in total. The van der Waals surface area contributed by atoms with Crippen molar-refractivity contribution in [3.8, 4) is 6.07 Å². The number of hydrogen-bond acceptors (Lipinski definition) is 3. The van der Waals surface area contributed by atoms with E-state index in [9.17, 15) is 4.79 Å². The molecule has 1 aliphatic carbocycles. The normalized spacial score (nSPS) is 31.1. The van der Waals surface area contributed by atoms with Crippen LogP contribution >= 0.6 is 0 Å². The number of nitriles is 1. The highest BCUT2D eigenvalue weighted by molar-refractivity contribution is 5.73. The minimum Gasteiger partial charge on any atom is -0.469 e. The summed E-state index contributed by atoms with van der Waals surface area (Å²) in [6.07, 6.45) is 3.53. The number of nitrogens with zero attached hydrogens (tertiary/aromatic N) is 1. The maximum Gasteiger partial charge on any atom is 0.309 e. The number of carbonyl (C=O) groups is 1. The molecule has 3 heteroatoms. The van der Waals surface area contributed by atoms with Crippen LogP contribution in [0, 0.1) is 29.1 Å². The Balaban J connectivity index is 2.70. The summed E-state index contributed by atoms with van der Waals surface area (Å²) < 4.78 is 4.79. The van der Waals surface area contributed by atoms with Gasteiger partial charge in [0.15, 0.2) is 0 Å². The smallest absolute Gasteiger partial charge is 0.309 e. The van der Waals surface area contributed by atoms with Crippen LogP contribution in [-0.4, -0.2) is 13.1 Å². The van der Waals surface area contributed by atoms with Crippen LogP contribution < -0.4 is 0 Å². The lowest BCUT2D eigenvalue weighted by molar-refractivity contribution is -0.148. The van der Waals surface area contributed by atoms with Crippen molar-refractivity contribution in [2.75, 3.05) is 7.11 Å². The van der Waals surface area contributed by atoms with Gasteiger partial charge in [0.05, 0.1) is 19.1 Å². The van der Waals surface area contributed by atoms with Crippen molar-refractivity contribution in [3.05, 3.63) is 0 Å². The van der Waals surface area contributed by atoms with Crippen LogP contribution in [0.15, 0.2) is 0 Å². The summed E-state index contributed by atoms with van der Waals surface area (Å²) in [6, 6.07) is 2.16. The zero-order valence-corrected chi connectivity index (χ0v) is 8.82. The first kappa shape index (κ1) is 11.0. The summed E-state index contributed by atoms with van der Waals surface area (Å²) in [6.45, 7) is 2.09. The van der Waals surface area contributed by atoms with E-state index in [2.05, 4.69) is 13.0 Å². The Bertz CT molecular complexity index is 244. The summed E-state index contributed by atoms with van der Waals surface area (Å²) in [5.74, 6) is 0.470. The Morgan fingerprint density at radius 2 is 2.14 bits per heavy atom. The van der Waals surface area contributed by atoms with Crippen molar-refractivity contribution in [1.29, 1.82) is 5.26 Å². The van der Waals surface area contributed by atoms with Gasteiger partial charge in [-0.25, -0.2) is 0 Å². The van der Waals surface area contributed by atoms with Crippen LogP contribution in [0.25, 0.3) is 0 Å². The van der Waals surface area contributed by atoms with Crippen molar-refractivity contribution in [2.45, 2.75) is 32.6 Å². The van der Waals surface area contributed by atoms with Crippen LogP contribution in [0.1, 0.15) is 32.6 Å². The molecule has 1 aliphatic rings. The van der Waals surface area contributed by atoms with Crippen LogP contribution in [0.4, 0.5) is 0 Å². The minimum atomic E-state index is -0.130. The van der Waals surface area contributed by atoms with Gasteiger partial charge in [-0.1, -0.05) is 13.3 Å². The molecule has 0 amide bonds. The van der Waals surface area contributed by atoms with Gasteiger partial charge in [0.2, 0.25) is 0 Å². The third-order valence-corrected chi connectivity index (χ3v) is 3.28. The van der Waals surface area contributed by atoms with Crippen LogP contribution in [-0.2, 0) is 9.53 Å². The Kier molecular flexibility index (Phi) is 3.94. The molecule has 0 aromatic heterocycles. The minimum absolute atomic E-state index is 0.0374. The number of rotatable bonds is 3. The molecule has 0 bridgehead atoms. The molecule has 14 heavy (non-hydrogen) atoms. The highest BCUT2D eigenvalue weighted by Gasteiger charge is 2.40. The highest BCUT2D eigenvalue weighted by Crippen LogP contribution is 2.41. The Hall–Kier alpha value is -1.04. The van der Waals surface area contributed by atoms with Gasteiger partial charge in [-0.2, -0.15) is 5.26 Å². The topological polar surface area (TPSA) is 50.1 Å². The summed E-state index contributed by atoms with van der Waals surface area (Å²) >= 11 is 0. The quantitative estimate of drug-likeness (QED) is 0.648. The fraction of sp³-hybridized carbons (Fsp3) is 0.818. The van der Waals surface area contributed by atoms with Crippen molar-refractivity contribution in [1.82, 2.24) is 0 Å². The second-order valence-corrected chi connectivity index (χ2v) is 3.92. The molecule has 0 aromatic carbocycles. The van der Waals surface area contributed by atoms with Crippen molar-refractivity contribution in [3.63, 3.8) is 0 Å². The van der Waals surface area contributed by atoms with E-state index in [4.69, 9.17) is 10.00 Å². The zero-order chi connectivity index (χ0) is 10.6. The van der Waals surface area contributed by atoms with Crippen molar-refractivity contribution >= 4 is 5.97 Å². The molecule has 0 aromatic rings. The van der Waals surface area contributed by atoms with Gasteiger partial charge in [0, 0.05) is 6.42 Å². The van der Waals surface area contributed by atoms with Crippen LogP contribution in [0.5, 0.6) is 0 Å². The molecule has 3 unspecified atom stereocenters. The average molecular weight is 195 g/mol. The molecule has 0 spiro atoms. The van der Waals surface area contributed by atoms with E-state index in [0.717, 1.165) is 19.3 Å². The molecular weight excluding hydrogens is 178 g/mol. The van der Waals surface area contributed by atoms with Gasteiger partial charge < -0.3 is 4.74 Å². The largest absolute Gasteiger partial charge is 0.469 e. The summed E-state index contributed by atoms with van der Waals surface area (Å²) in [5, 5.41) is 8.66. The molecule has 1 saturated carbocycles. The molecule has 0 heterocycles. The highest BCUT2D eigenvalue weighted by atomic mass is 16.5. The Morgan fingerprint density at radius 1 is 1.50 bits per heavy atom. The second kappa shape index (κ2) is 4.99. The Labute approximate surface area is 85.1 Å². The SMILES string of the molecule is CCC1CCC(CC#N)C1C(=O)OC. The Morgan fingerprint density at radius 3 is 2.64 bits per heavy atom. The van der Waals surface area contributed by atoms with Gasteiger partial charge in [0.25, 0.3) is 0 Å². The molecule has 0 radical (unpaired) electrons. The van der Waals surface area contributed by atoms with E-state index in [1.807, 2.05) is 0 Å². The van der Waals surface area contributed by atoms with E-state index < -0.39 is 0 Å². The molecular formula is C11H17NO2. The number of hydrogen-bond donors (Lipinski definition) is 0. The van der Waals surface area contributed by atoms with Gasteiger partial charge in [-0.3, -0.25) is 4.79 Å². The molecule has 0 aliphatic heterocycles. The van der Waals surface area contributed by atoms with Crippen molar-refractivity contribution < 1.29 is 9.53 Å². The number of esters is 1. The van der Waals surface area contributed by atoms with E-state index in [1.165, 1.54) is 7.11 Å². The second-order valence-electron chi connectivity index (χ2n) is 3.92. The van der Waals surface area contributed by atoms with Gasteiger partial charge in [-0.15, -0.1) is 0 Å². The molecule has 0 saturated heterocycles. The number of ether oxygens (including phenoxy) is 1. The predicted molar refractivity (Wildman–Crippen MR) is 52.2 cm³/mol. The maximum absolute atomic E-state index is 11.5. The first-order valence-corrected chi connectivity index (χ1v) is 5.19. The molecule has 78 valence electrons. The van der Waals surface area contributed by atoms with Gasteiger partial charge in [-0.05, 0) is 24.7 Å². The van der Waals surface area contributed by atoms with E-state index in [1.54, 1.807) is 0 Å². The summed E-state index contributed by atoms with van der Waals surface area (Å²) in [7, 11) is 1.43. The number of methoxy groups -OCH3 is 1. The maximum atomic E-state index is 11.5. The lowest BCUT2D eigenvalue weighted by Gasteiger charge is -2.19.